The fraction of sp³-hybridized carbons (Fsp3) is 0.150. The second-order valence-corrected chi connectivity index (χ2v) is 5.86. The van der Waals surface area contributed by atoms with Crippen LogP contribution in [0.15, 0.2) is 59.3 Å². The molecule has 2 amide bonds. The summed E-state index contributed by atoms with van der Waals surface area (Å²) in [6.07, 6.45) is 1.58. The van der Waals surface area contributed by atoms with Crippen molar-refractivity contribution in [3.05, 3.63) is 71.6 Å². The maximum Gasteiger partial charge on any atom is 0.260 e. The van der Waals surface area contributed by atoms with Crippen LogP contribution >= 0.6 is 0 Å². The first-order valence-corrected chi connectivity index (χ1v) is 8.31. The van der Waals surface area contributed by atoms with Gasteiger partial charge in [-0.1, -0.05) is 23.4 Å². The van der Waals surface area contributed by atoms with E-state index in [1.54, 1.807) is 38.3 Å². The molecule has 0 bridgehead atoms. The standard InChI is InChI=1S/C20H19N3O4/c1-13-17(12-21-27-13)20(25)23-16-9-7-15(8-10-16)22-19(24)11-14-5-3-4-6-18(14)26-2/h3-10,12H,11H2,1-2H3,(H,22,24)(H,23,25). The van der Waals surface area contributed by atoms with Crippen LogP contribution in [0.5, 0.6) is 5.75 Å². The van der Waals surface area contributed by atoms with E-state index in [1.165, 1.54) is 6.20 Å². The van der Waals surface area contributed by atoms with Crippen LogP contribution in [0.25, 0.3) is 0 Å². The van der Waals surface area contributed by atoms with Crippen molar-refractivity contribution < 1.29 is 18.8 Å². The number of nitrogens with one attached hydrogen (secondary N) is 2. The molecule has 0 aliphatic rings. The van der Waals surface area contributed by atoms with E-state index in [4.69, 9.17) is 9.26 Å². The highest BCUT2D eigenvalue weighted by atomic mass is 16.5. The summed E-state index contributed by atoms with van der Waals surface area (Å²) in [5, 5.41) is 9.16. The number of aromatic nitrogens is 1. The molecule has 0 aliphatic carbocycles. The molecule has 138 valence electrons. The Morgan fingerprint density at radius 1 is 1.04 bits per heavy atom. The third kappa shape index (κ3) is 4.52. The van der Waals surface area contributed by atoms with Gasteiger partial charge in [-0.2, -0.15) is 0 Å². The number of aryl methyl sites for hydroxylation is 1. The van der Waals surface area contributed by atoms with Crippen LogP contribution in [-0.2, 0) is 11.2 Å². The Kier molecular flexibility index (Phi) is 5.51. The zero-order valence-corrected chi connectivity index (χ0v) is 15.0. The van der Waals surface area contributed by atoms with Gasteiger partial charge in [0.05, 0.1) is 19.7 Å². The smallest absolute Gasteiger partial charge is 0.260 e. The number of hydrogen-bond donors (Lipinski definition) is 2. The minimum Gasteiger partial charge on any atom is -0.496 e. The number of methoxy groups -OCH3 is 1. The van der Waals surface area contributed by atoms with E-state index in [9.17, 15) is 9.59 Å². The van der Waals surface area contributed by atoms with Gasteiger partial charge in [0.15, 0.2) is 0 Å². The van der Waals surface area contributed by atoms with Crippen LogP contribution in [-0.4, -0.2) is 24.1 Å². The molecule has 1 aromatic heterocycles. The summed E-state index contributed by atoms with van der Waals surface area (Å²) < 4.78 is 10.1. The molecule has 1 heterocycles. The summed E-state index contributed by atoms with van der Waals surface area (Å²) in [4.78, 5) is 24.4. The molecule has 0 saturated carbocycles. The summed E-state index contributed by atoms with van der Waals surface area (Å²) in [5.41, 5.74) is 2.42. The lowest BCUT2D eigenvalue weighted by atomic mass is 10.1. The Bertz CT molecular complexity index is 948. The van der Waals surface area contributed by atoms with E-state index in [0.29, 0.717) is 28.4 Å². The lowest BCUT2D eigenvalue weighted by Gasteiger charge is -2.10. The van der Waals surface area contributed by atoms with Crippen LogP contribution in [0.3, 0.4) is 0 Å². The zero-order valence-electron chi connectivity index (χ0n) is 15.0. The van der Waals surface area contributed by atoms with Crippen molar-refractivity contribution >= 4 is 23.2 Å². The molecule has 7 nitrogen and oxygen atoms in total. The molecule has 0 atom stereocenters. The molecule has 0 fully saturated rings. The van der Waals surface area contributed by atoms with E-state index in [-0.39, 0.29) is 18.2 Å². The Hall–Kier alpha value is -3.61. The van der Waals surface area contributed by atoms with Gasteiger partial charge >= 0.3 is 0 Å². The molecular weight excluding hydrogens is 346 g/mol. The molecule has 0 aliphatic heterocycles. The maximum atomic E-state index is 12.3. The molecule has 0 radical (unpaired) electrons. The van der Waals surface area contributed by atoms with Crippen molar-refractivity contribution in [1.29, 1.82) is 0 Å². The summed E-state index contributed by atoms with van der Waals surface area (Å²) >= 11 is 0. The van der Waals surface area contributed by atoms with Gasteiger partial charge < -0.3 is 19.9 Å². The van der Waals surface area contributed by atoms with Crippen molar-refractivity contribution in [3.8, 4) is 5.75 Å². The Morgan fingerprint density at radius 2 is 1.70 bits per heavy atom. The van der Waals surface area contributed by atoms with Crippen LogP contribution < -0.4 is 15.4 Å². The second kappa shape index (κ2) is 8.18. The number of carbonyl (C=O) groups is 2. The minimum atomic E-state index is -0.304. The molecule has 0 saturated heterocycles. The highest BCUT2D eigenvalue weighted by Gasteiger charge is 2.13. The fourth-order valence-electron chi connectivity index (χ4n) is 2.58. The van der Waals surface area contributed by atoms with Gasteiger partial charge in [-0.3, -0.25) is 9.59 Å². The molecule has 0 spiro atoms. The summed E-state index contributed by atoms with van der Waals surface area (Å²) in [6.45, 7) is 1.67. The molecular formula is C20H19N3O4. The monoisotopic (exact) mass is 365 g/mol. The van der Waals surface area contributed by atoms with E-state index in [2.05, 4.69) is 15.8 Å². The topological polar surface area (TPSA) is 93.5 Å². The number of nitrogens with zero attached hydrogens (tertiary/aromatic N) is 1. The first-order chi connectivity index (χ1) is 13.1. The molecule has 2 N–H and O–H groups in total. The number of carbonyl (C=O) groups excluding carboxylic acids is 2. The highest BCUT2D eigenvalue weighted by molar-refractivity contribution is 6.04. The first kappa shape index (κ1) is 18.2. The third-order valence-corrected chi connectivity index (χ3v) is 3.97. The highest BCUT2D eigenvalue weighted by Crippen LogP contribution is 2.19. The minimum absolute atomic E-state index is 0.156. The van der Waals surface area contributed by atoms with Crippen molar-refractivity contribution in [3.63, 3.8) is 0 Å². The number of para-hydroxylation sites is 1. The van der Waals surface area contributed by atoms with Crippen LogP contribution in [0.1, 0.15) is 21.7 Å². The van der Waals surface area contributed by atoms with Crippen LogP contribution in [0.4, 0.5) is 11.4 Å². The Morgan fingerprint density at radius 3 is 2.33 bits per heavy atom. The number of ether oxygens (including phenoxy) is 1. The maximum absolute atomic E-state index is 12.3. The van der Waals surface area contributed by atoms with Crippen molar-refractivity contribution in [2.45, 2.75) is 13.3 Å². The number of hydrogen-bond acceptors (Lipinski definition) is 5. The lowest BCUT2D eigenvalue weighted by Crippen LogP contribution is -2.15. The summed E-state index contributed by atoms with van der Waals surface area (Å²) in [7, 11) is 1.57. The normalized spacial score (nSPS) is 10.3. The number of rotatable bonds is 6. The zero-order chi connectivity index (χ0) is 19.2. The van der Waals surface area contributed by atoms with Gasteiger partial charge in [0.25, 0.3) is 5.91 Å². The lowest BCUT2D eigenvalue weighted by molar-refractivity contribution is -0.115. The molecule has 7 heteroatoms. The summed E-state index contributed by atoms with van der Waals surface area (Å²) in [5.74, 6) is 0.667. The average Bonchev–Trinajstić information content (AvgIpc) is 3.10. The molecule has 3 rings (SSSR count). The third-order valence-electron chi connectivity index (χ3n) is 3.97. The quantitative estimate of drug-likeness (QED) is 0.698. The Balaban J connectivity index is 1.59. The van der Waals surface area contributed by atoms with Crippen molar-refractivity contribution in [2.24, 2.45) is 0 Å². The van der Waals surface area contributed by atoms with Gasteiger partial charge in [-0.05, 0) is 37.3 Å². The van der Waals surface area contributed by atoms with Crippen molar-refractivity contribution in [2.75, 3.05) is 17.7 Å². The number of benzene rings is 2. The molecule has 0 unspecified atom stereocenters. The first-order valence-electron chi connectivity index (χ1n) is 8.31. The predicted molar refractivity (Wildman–Crippen MR) is 101 cm³/mol. The van der Waals surface area contributed by atoms with Gasteiger partial charge in [0, 0.05) is 16.9 Å². The van der Waals surface area contributed by atoms with E-state index in [0.717, 1.165) is 5.56 Å². The van der Waals surface area contributed by atoms with Gasteiger partial charge in [-0.25, -0.2) is 0 Å². The average molecular weight is 365 g/mol. The molecule has 27 heavy (non-hydrogen) atoms. The van der Waals surface area contributed by atoms with E-state index in [1.807, 2.05) is 24.3 Å². The number of anilines is 2. The number of amides is 2. The van der Waals surface area contributed by atoms with Crippen LogP contribution in [0, 0.1) is 6.92 Å². The summed E-state index contributed by atoms with van der Waals surface area (Å²) in [6, 6.07) is 14.2. The van der Waals surface area contributed by atoms with Gasteiger partial charge in [-0.15, -0.1) is 0 Å². The SMILES string of the molecule is COc1ccccc1CC(=O)Nc1ccc(NC(=O)c2cnoc2C)cc1. The largest absolute Gasteiger partial charge is 0.496 e. The molecule has 2 aromatic carbocycles. The van der Waals surface area contributed by atoms with E-state index < -0.39 is 0 Å². The van der Waals surface area contributed by atoms with Crippen molar-refractivity contribution in [1.82, 2.24) is 5.16 Å². The van der Waals surface area contributed by atoms with E-state index >= 15 is 0 Å². The van der Waals surface area contributed by atoms with Gasteiger partial charge in [0.1, 0.15) is 17.1 Å². The Labute approximate surface area is 156 Å². The second-order valence-electron chi connectivity index (χ2n) is 5.86. The fourth-order valence-corrected chi connectivity index (χ4v) is 2.58. The van der Waals surface area contributed by atoms with Crippen LogP contribution in [0.2, 0.25) is 0 Å². The van der Waals surface area contributed by atoms with Gasteiger partial charge in [0.2, 0.25) is 5.91 Å². The molecule has 3 aromatic rings. The predicted octanol–water partition coefficient (Wildman–Crippen LogP) is 3.43.